The fraction of sp³-hybridized carbons (Fsp3) is 0.429. The Balaban J connectivity index is 1.59. The second-order valence-electron chi connectivity index (χ2n) is 4.60. The summed E-state index contributed by atoms with van der Waals surface area (Å²) in [6, 6.07) is 10.1. The predicted octanol–water partition coefficient (Wildman–Crippen LogP) is 2.10. The van der Waals surface area contributed by atoms with Crippen LogP contribution < -0.4 is 0 Å². The standard InChI is InChI=1S/C14H17NO3S/c16-13(15-9-11(10-15)14(17)18)7-4-8-19-12-5-2-1-3-6-12/h1-3,5-6,11H,4,7-10H2,(H,17,18). The average Bonchev–Trinajstić information content (AvgIpc) is 2.33. The second-order valence-corrected chi connectivity index (χ2v) is 5.77. The van der Waals surface area contributed by atoms with Crippen molar-refractivity contribution in [1.29, 1.82) is 0 Å². The van der Waals surface area contributed by atoms with E-state index in [0.717, 1.165) is 12.2 Å². The first kappa shape index (κ1) is 13.9. The average molecular weight is 279 g/mol. The van der Waals surface area contributed by atoms with E-state index in [2.05, 4.69) is 12.1 Å². The third kappa shape index (κ3) is 3.99. The number of hydrogen-bond acceptors (Lipinski definition) is 3. The van der Waals surface area contributed by atoms with Crippen molar-refractivity contribution in [3.63, 3.8) is 0 Å². The Kier molecular flexibility index (Phi) is 4.85. The van der Waals surface area contributed by atoms with Crippen LogP contribution in [0, 0.1) is 5.92 Å². The number of aliphatic carboxylic acids is 1. The third-order valence-corrected chi connectivity index (χ3v) is 4.23. The summed E-state index contributed by atoms with van der Waals surface area (Å²) in [4.78, 5) is 25.2. The summed E-state index contributed by atoms with van der Waals surface area (Å²) in [5.74, 6) is -0.177. The van der Waals surface area contributed by atoms with Gasteiger partial charge in [-0.15, -0.1) is 11.8 Å². The van der Waals surface area contributed by atoms with E-state index in [1.54, 1.807) is 16.7 Å². The molecule has 1 saturated heterocycles. The van der Waals surface area contributed by atoms with Crippen molar-refractivity contribution < 1.29 is 14.7 Å². The van der Waals surface area contributed by atoms with Gasteiger partial charge in [0.15, 0.2) is 0 Å². The Morgan fingerprint density at radius 1 is 1.26 bits per heavy atom. The zero-order valence-electron chi connectivity index (χ0n) is 10.6. The van der Waals surface area contributed by atoms with Crippen LogP contribution in [0.15, 0.2) is 35.2 Å². The maximum absolute atomic E-state index is 11.7. The zero-order chi connectivity index (χ0) is 13.7. The molecule has 0 radical (unpaired) electrons. The van der Waals surface area contributed by atoms with Crippen LogP contribution in [0.25, 0.3) is 0 Å². The number of benzene rings is 1. The summed E-state index contributed by atoms with van der Waals surface area (Å²) < 4.78 is 0. The molecule has 1 heterocycles. The smallest absolute Gasteiger partial charge is 0.310 e. The summed E-state index contributed by atoms with van der Waals surface area (Å²) in [5, 5.41) is 8.73. The molecule has 0 saturated carbocycles. The first-order valence-electron chi connectivity index (χ1n) is 6.35. The van der Waals surface area contributed by atoms with Crippen LogP contribution in [0.5, 0.6) is 0 Å². The van der Waals surface area contributed by atoms with Gasteiger partial charge in [0.05, 0.1) is 5.92 Å². The largest absolute Gasteiger partial charge is 0.481 e. The number of carboxylic acids is 1. The van der Waals surface area contributed by atoms with Gasteiger partial charge in [-0.2, -0.15) is 0 Å². The molecule has 0 unspecified atom stereocenters. The first-order chi connectivity index (χ1) is 9.16. The highest BCUT2D eigenvalue weighted by Crippen LogP contribution is 2.20. The van der Waals surface area contributed by atoms with Gasteiger partial charge in [0, 0.05) is 24.4 Å². The zero-order valence-corrected chi connectivity index (χ0v) is 11.4. The van der Waals surface area contributed by atoms with Crippen LogP contribution in [0.1, 0.15) is 12.8 Å². The topological polar surface area (TPSA) is 57.6 Å². The van der Waals surface area contributed by atoms with E-state index in [1.807, 2.05) is 18.2 Å². The van der Waals surface area contributed by atoms with E-state index in [9.17, 15) is 9.59 Å². The number of carboxylic acid groups (broad SMARTS) is 1. The van der Waals surface area contributed by atoms with E-state index in [-0.39, 0.29) is 11.8 Å². The van der Waals surface area contributed by atoms with Gasteiger partial charge >= 0.3 is 5.97 Å². The fourth-order valence-electron chi connectivity index (χ4n) is 1.93. The molecule has 1 aromatic carbocycles. The van der Waals surface area contributed by atoms with Crippen molar-refractivity contribution >= 4 is 23.6 Å². The van der Waals surface area contributed by atoms with Gasteiger partial charge in [0.1, 0.15) is 0 Å². The second kappa shape index (κ2) is 6.61. The molecule has 4 nitrogen and oxygen atoms in total. The summed E-state index contributed by atoms with van der Waals surface area (Å²) in [7, 11) is 0. The van der Waals surface area contributed by atoms with E-state index >= 15 is 0 Å². The number of nitrogens with zero attached hydrogens (tertiary/aromatic N) is 1. The Hall–Kier alpha value is -1.49. The Bertz CT molecular complexity index is 443. The molecule has 102 valence electrons. The summed E-state index contributed by atoms with van der Waals surface area (Å²) in [6.07, 6.45) is 1.33. The molecule has 0 aliphatic carbocycles. The van der Waals surface area contributed by atoms with Gasteiger partial charge in [-0.05, 0) is 24.3 Å². The molecule has 0 atom stereocenters. The van der Waals surface area contributed by atoms with Crippen LogP contribution >= 0.6 is 11.8 Å². The Labute approximate surface area is 116 Å². The number of carbonyl (C=O) groups excluding carboxylic acids is 1. The van der Waals surface area contributed by atoms with Crippen LogP contribution in [-0.2, 0) is 9.59 Å². The van der Waals surface area contributed by atoms with Crippen molar-refractivity contribution in [3.8, 4) is 0 Å². The number of likely N-dealkylation sites (tertiary alicyclic amines) is 1. The van der Waals surface area contributed by atoms with E-state index in [0.29, 0.717) is 19.5 Å². The van der Waals surface area contributed by atoms with Gasteiger partial charge in [0.2, 0.25) is 5.91 Å². The SMILES string of the molecule is O=C(O)C1CN(C(=O)CCCSc2ccccc2)C1. The highest BCUT2D eigenvalue weighted by atomic mass is 32.2. The minimum atomic E-state index is -0.802. The highest BCUT2D eigenvalue weighted by molar-refractivity contribution is 7.99. The van der Waals surface area contributed by atoms with Crippen LogP contribution in [0.4, 0.5) is 0 Å². The fourth-order valence-corrected chi connectivity index (χ4v) is 2.80. The lowest BCUT2D eigenvalue weighted by Gasteiger charge is -2.36. The normalized spacial score (nSPS) is 15.1. The lowest BCUT2D eigenvalue weighted by Crippen LogP contribution is -2.52. The quantitative estimate of drug-likeness (QED) is 0.640. The third-order valence-electron chi connectivity index (χ3n) is 3.13. The van der Waals surface area contributed by atoms with Gasteiger partial charge in [-0.25, -0.2) is 0 Å². The molecule has 1 aromatic rings. The maximum atomic E-state index is 11.7. The predicted molar refractivity (Wildman–Crippen MR) is 74.1 cm³/mol. The number of thioether (sulfide) groups is 1. The maximum Gasteiger partial charge on any atom is 0.310 e. The summed E-state index contributed by atoms with van der Waals surface area (Å²) in [5.41, 5.74) is 0. The molecule has 1 aliphatic rings. The molecule has 1 aliphatic heterocycles. The first-order valence-corrected chi connectivity index (χ1v) is 7.34. The van der Waals surface area contributed by atoms with E-state index in [1.165, 1.54) is 4.90 Å². The molecule has 19 heavy (non-hydrogen) atoms. The number of amides is 1. The van der Waals surface area contributed by atoms with Gasteiger partial charge < -0.3 is 10.0 Å². The lowest BCUT2D eigenvalue weighted by atomic mass is 10.00. The highest BCUT2D eigenvalue weighted by Gasteiger charge is 2.34. The molecule has 5 heteroatoms. The molecular weight excluding hydrogens is 262 g/mol. The molecule has 0 aromatic heterocycles. The van der Waals surface area contributed by atoms with Gasteiger partial charge in [0.25, 0.3) is 0 Å². The number of carbonyl (C=O) groups is 2. The van der Waals surface area contributed by atoms with Crippen LogP contribution in [0.2, 0.25) is 0 Å². The van der Waals surface area contributed by atoms with Crippen molar-refractivity contribution in [2.24, 2.45) is 5.92 Å². The monoisotopic (exact) mass is 279 g/mol. The lowest BCUT2D eigenvalue weighted by molar-refractivity contribution is -0.152. The van der Waals surface area contributed by atoms with Crippen molar-refractivity contribution in [2.45, 2.75) is 17.7 Å². The van der Waals surface area contributed by atoms with Gasteiger partial charge in [-0.1, -0.05) is 18.2 Å². The Morgan fingerprint density at radius 2 is 1.95 bits per heavy atom. The molecule has 0 spiro atoms. The molecule has 2 rings (SSSR count). The van der Waals surface area contributed by atoms with Crippen molar-refractivity contribution in [1.82, 2.24) is 4.90 Å². The van der Waals surface area contributed by atoms with Crippen molar-refractivity contribution in [2.75, 3.05) is 18.8 Å². The van der Waals surface area contributed by atoms with Gasteiger partial charge in [-0.3, -0.25) is 9.59 Å². The minimum Gasteiger partial charge on any atom is -0.481 e. The minimum absolute atomic E-state index is 0.0751. The molecular formula is C14H17NO3S. The number of hydrogen-bond donors (Lipinski definition) is 1. The molecule has 1 amide bonds. The van der Waals surface area contributed by atoms with E-state index in [4.69, 9.17) is 5.11 Å². The molecule has 1 fully saturated rings. The molecule has 1 N–H and O–H groups in total. The summed E-state index contributed by atoms with van der Waals surface area (Å²) >= 11 is 1.74. The van der Waals surface area contributed by atoms with E-state index < -0.39 is 5.97 Å². The Morgan fingerprint density at radius 3 is 2.58 bits per heavy atom. The van der Waals surface area contributed by atoms with Crippen LogP contribution in [-0.4, -0.2) is 40.7 Å². The number of rotatable bonds is 6. The van der Waals surface area contributed by atoms with Crippen molar-refractivity contribution in [3.05, 3.63) is 30.3 Å². The molecule has 0 bridgehead atoms. The van der Waals surface area contributed by atoms with Crippen LogP contribution in [0.3, 0.4) is 0 Å². The summed E-state index contributed by atoms with van der Waals surface area (Å²) in [6.45, 7) is 0.750.